The number of rotatable bonds is 7. The number of hydrogen-bond acceptors (Lipinski definition) is 5. The van der Waals surface area contributed by atoms with Crippen molar-refractivity contribution in [1.29, 1.82) is 0 Å². The molecule has 0 radical (unpaired) electrons. The zero-order valence-corrected chi connectivity index (χ0v) is 18.7. The molecule has 0 saturated carbocycles. The minimum Gasteiger partial charge on any atom is -0.390 e. The lowest BCUT2D eigenvalue weighted by atomic mass is 10.2. The van der Waals surface area contributed by atoms with Gasteiger partial charge in [0.05, 0.1) is 18.4 Å². The van der Waals surface area contributed by atoms with Crippen LogP contribution in [0.4, 0.5) is 0 Å². The molecule has 0 spiro atoms. The van der Waals surface area contributed by atoms with Crippen LogP contribution in [0.2, 0.25) is 0 Å². The Kier molecular flexibility index (Phi) is 9.55. The molecule has 2 aromatic rings. The van der Waals surface area contributed by atoms with Gasteiger partial charge in [-0.1, -0.05) is 36.4 Å². The Hall–Kier alpha value is -1.17. The fourth-order valence-electron chi connectivity index (χ4n) is 2.15. The molecule has 0 saturated heterocycles. The van der Waals surface area contributed by atoms with Crippen molar-refractivity contribution in [2.24, 2.45) is 4.99 Å². The lowest BCUT2D eigenvalue weighted by Gasteiger charge is -2.19. The Morgan fingerprint density at radius 3 is 2.50 bits per heavy atom. The van der Waals surface area contributed by atoms with E-state index in [-0.39, 0.29) is 40.5 Å². The minimum atomic E-state index is -3.46. The van der Waals surface area contributed by atoms with Crippen molar-refractivity contribution in [3.63, 3.8) is 0 Å². The Balaban J connectivity index is 0.00000338. The van der Waals surface area contributed by atoms with Gasteiger partial charge in [-0.2, -0.15) is 0 Å². The van der Waals surface area contributed by atoms with Gasteiger partial charge in [0.1, 0.15) is 4.21 Å². The van der Waals surface area contributed by atoms with Crippen molar-refractivity contribution in [2.45, 2.75) is 16.9 Å². The third-order valence-electron chi connectivity index (χ3n) is 3.39. The molecule has 1 aromatic heterocycles. The minimum absolute atomic E-state index is 0. The van der Waals surface area contributed by atoms with Gasteiger partial charge in [-0.3, -0.25) is 0 Å². The van der Waals surface area contributed by atoms with E-state index in [1.807, 2.05) is 44.4 Å². The summed E-state index contributed by atoms with van der Waals surface area (Å²) < 4.78 is 24.6. The van der Waals surface area contributed by atoms with Crippen LogP contribution in [0.3, 0.4) is 0 Å². The Morgan fingerprint density at radius 1 is 1.23 bits per heavy atom. The molecular weight excluding hydrogens is 485 g/mol. The van der Waals surface area contributed by atoms with Crippen LogP contribution in [-0.4, -0.2) is 56.9 Å². The van der Waals surface area contributed by atoms with E-state index in [9.17, 15) is 13.5 Å². The van der Waals surface area contributed by atoms with Crippen molar-refractivity contribution >= 4 is 51.1 Å². The second-order valence-corrected chi connectivity index (χ2v) is 8.98. The molecule has 1 atom stereocenters. The molecule has 144 valence electrons. The van der Waals surface area contributed by atoms with Crippen molar-refractivity contribution in [2.75, 3.05) is 26.4 Å². The van der Waals surface area contributed by atoms with Crippen LogP contribution in [0.25, 0.3) is 0 Å². The van der Waals surface area contributed by atoms with Crippen LogP contribution in [0, 0.1) is 0 Å². The lowest BCUT2D eigenvalue weighted by molar-refractivity contribution is 0.199. The number of benzene rings is 1. The predicted octanol–water partition coefficient (Wildman–Crippen LogP) is 2.21. The number of hydrogen-bond donors (Lipinski definition) is 2. The van der Waals surface area contributed by atoms with E-state index < -0.39 is 15.9 Å². The summed E-state index contributed by atoms with van der Waals surface area (Å²) in [6.45, 7) is 0.612. The maximum Gasteiger partial charge on any atom is 0.193 e. The van der Waals surface area contributed by atoms with E-state index in [2.05, 4.69) is 10.3 Å². The van der Waals surface area contributed by atoms with Crippen LogP contribution in [-0.2, 0) is 16.4 Å². The summed E-state index contributed by atoms with van der Waals surface area (Å²) in [5.74, 6) is 0.274. The van der Waals surface area contributed by atoms with E-state index >= 15 is 0 Å². The summed E-state index contributed by atoms with van der Waals surface area (Å²) in [6.07, 6.45) is -1.02. The average Bonchev–Trinajstić information content (AvgIpc) is 3.10. The summed E-state index contributed by atoms with van der Waals surface area (Å²) in [6, 6.07) is 13.1. The smallest absolute Gasteiger partial charge is 0.193 e. The van der Waals surface area contributed by atoms with Crippen LogP contribution < -0.4 is 5.32 Å². The summed E-state index contributed by atoms with van der Waals surface area (Å²) in [4.78, 5) is 6.28. The van der Waals surface area contributed by atoms with Crippen molar-refractivity contribution < 1.29 is 13.5 Å². The zero-order valence-electron chi connectivity index (χ0n) is 14.7. The molecule has 0 amide bonds. The zero-order chi connectivity index (χ0) is 18.3. The SMILES string of the molecule is CN(C)C(=NCc1ccccc1)NCC(O)CS(=O)(=O)c1cccs1.I. The number of guanidine groups is 1. The van der Waals surface area contributed by atoms with Gasteiger partial charge in [0.2, 0.25) is 0 Å². The fourth-order valence-corrected chi connectivity index (χ4v) is 4.63. The standard InChI is InChI=1S/C17H23N3O3S2.HI/c1-20(2)17(18-11-14-7-4-3-5-8-14)19-12-15(21)13-25(22,23)16-9-6-10-24-16;/h3-10,15,21H,11-13H2,1-2H3,(H,18,19);1H. The molecule has 26 heavy (non-hydrogen) atoms. The molecule has 0 bridgehead atoms. The van der Waals surface area contributed by atoms with Gasteiger partial charge in [0.25, 0.3) is 0 Å². The molecule has 0 fully saturated rings. The van der Waals surface area contributed by atoms with Gasteiger partial charge in [-0.15, -0.1) is 35.3 Å². The highest BCUT2D eigenvalue weighted by molar-refractivity contribution is 14.0. The maximum atomic E-state index is 12.2. The Labute approximate surface area is 175 Å². The summed E-state index contributed by atoms with van der Waals surface area (Å²) >= 11 is 1.16. The highest BCUT2D eigenvalue weighted by Crippen LogP contribution is 2.18. The van der Waals surface area contributed by atoms with E-state index in [4.69, 9.17) is 0 Å². The first-order valence-corrected chi connectivity index (χ1v) is 10.4. The second kappa shape index (κ2) is 10.9. The molecule has 1 heterocycles. The van der Waals surface area contributed by atoms with E-state index in [0.717, 1.165) is 16.9 Å². The monoisotopic (exact) mass is 509 g/mol. The van der Waals surface area contributed by atoms with Crippen LogP contribution in [0.1, 0.15) is 5.56 Å². The largest absolute Gasteiger partial charge is 0.390 e. The maximum absolute atomic E-state index is 12.2. The molecule has 6 nitrogen and oxygen atoms in total. The molecule has 1 unspecified atom stereocenters. The second-order valence-electron chi connectivity index (χ2n) is 5.77. The van der Waals surface area contributed by atoms with Gasteiger partial charge < -0.3 is 15.3 Å². The summed E-state index contributed by atoms with van der Waals surface area (Å²) in [5, 5.41) is 14.8. The molecule has 0 aliphatic carbocycles. The van der Waals surface area contributed by atoms with E-state index in [1.165, 1.54) is 0 Å². The third kappa shape index (κ3) is 7.22. The number of sulfone groups is 1. The molecule has 0 aliphatic heterocycles. The number of aliphatic imine (C=N–C) groups is 1. The van der Waals surface area contributed by atoms with Crippen LogP contribution >= 0.6 is 35.3 Å². The van der Waals surface area contributed by atoms with Crippen LogP contribution in [0.5, 0.6) is 0 Å². The summed E-state index contributed by atoms with van der Waals surface area (Å²) in [7, 11) is 0.213. The predicted molar refractivity (Wildman–Crippen MR) is 117 cm³/mol. The fraction of sp³-hybridized carbons (Fsp3) is 0.353. The number of halogens is 1. The highest BCUT2D eigenvalue weighted by Gasteiger charge is 2.21. The number of nitrogens with one attached hydrogen (secondary N) is 1. The van der Waals surface area contributed by atoms with Crippen molar-refractivity contribution in [3.8, 4) is 0 Å². The normalized spacial score (nSPS) is 13.0. The highest BCUT2D eigenvalue weighted by atomic mass is 127. The molecule has 9 heteroatoms. The number of aliphatic hydroxyl groups is 1. The number of thiophene rings is 1. The average molecular weight is 509 g/mol. The van der Waals surface area contributed by atoms with Crippen molar-refractivity contribution in [1.82, 2.24) is 10.2 Å². The first-order chi connectivity index (χ1) is 11.9. The van der Waals surface area contributed by atoms with Gasteiger partial charge in [0, 0.05) is 20.6 Å². The van der Waals surface area contributed by atoms with Crippen LogP contribution in [0.15, 0.2) is 57.0 Å². The summed E-state index contributed by atoms with van der Waals surface area (Å²) in [5.41, 5.74) is 1.07. The molecule has 0 aliphatic rings. The first-order valence-electron chi connectivity index (χ1n) is 7.82. The van der Waals surface area contributed by atoms with E-state index in [1.54, 1.807) is 22.4 Å². The molecule has 1 aromatic carbocycles. The first kappa shape index (κ1) is 22.9. The Morgan fingerprint density at radius 2 is 1.92 bits per heavy atom. The van der Waals surface area contributed by atoms with Gasteiger partial charge in [-0.05, 0) is 17.0 Å². The topological polar surface area (TPSA) is 82.0 Å². The van der Waals surface area contributed by atoms with Crippen molar-refractivity contribution in [3.05, 3.63) is 53.4 Å². The van der Waals surface area contributed by atoms with E-state index in [0.29, 0.717) is 12.5 Å². The number of nitrogens with zero attached hydrogens (tertiary/aromatic N) is 2. The molecule has 2 rings (SSSR count). The molecule has 2 N–H and O–H groups in total. The Bertz CT molecular complexity index is 779. The van der Waals surface area contributed by atoms with Gasteiger partial charge >= 0.3 is 0 Å². The van der Waals surface area contributed by atoms with Gasteiger partial charge in [-0.25, -0.2) is 13.4 Å². The molecular formula is C17H24IN3O3S2. The van der Waals surface area contributed by atoms with Gasteiger partial charge in [0.15, 0.2) is 15.8 Å². The quantitative estimate of drug-likeness (QED) is 0.340. The lowest BCUT2D eigenvalue weighted by Crippen LogP contribution is -2.42. The third-order valence-corrected chi connectivity index (χ3v) is 6.67. The number of aliphatic hydroxyl groups excluding tert-OH is 1.